The van der Waals surface area contributed by atoms with Gasteiger partial charge in [0, 0.05) is 49.0 Å². The average Bonchev–Trinajstić information content (AvgIpc) is 3.27. The number of rotatable bonds is 5. The van der Waals surface area contributed by atoms with E-state index in [0.29, 0.717) is 28.1 Å². The summed E-state index contributed by atoms with van der Waals surface area (Å²) in [6.07, 6.45) is 3.81. The van der Waals surface area contributed by atoms with Crippen molar-refractivity contribution in [2.24, 2.45) is 11.3 Å². The number of fused-ring (bicyclic) bond motifs is 6. The van der Waals surface area contributed by atoms with Gasteiger partial charge in [0.2, 0.25) is 5.88 Å². The fourth-order valence-electron chi connectivity index (χ4n) is 5.97. The summed E-state index contributed by atoms with van der Waals surface area (Å²) in [5, 5.41) is 9.67. The van der Waals surface area contributed by atoms with Crippen LogP contribution in [0.15, 0.2) is 41.7 Å². The molecule has 1 saturated heterocycles. The van der Waals surface area contributed by atoms with Crippen LogP contribution in [0.25, 0.3) is 5.82 Å². The Balaban J connectivity index is 0.00000180. The lowest BCUT2D eigenvalue weighted by Gasteiger charge is -2.34. The fourth-order valence-corrected chi connectivity index (χ4v) is 6.56. The second kappa shape index (κ2) is 12.4. The molecule has 1 atom stereocenters. The molecule has 5 heterocycles. The van der Waals surface area contributed by atoms with Crippen molar-refractivity contribution in [3.05, 3.63) is 42.2 Å². The topological polar surface area (TPSA) is 90.1 Å². The van der Waals surface area contributed by atoms with Crippen molar-refractivity contribution in [2.75, 3.05) is 18.1 Å². The van der Waals surface area contributed by atoms with E-state index < -0.39 is 11.6 Å². The number of alkyl halides is 3. The maximum atomic E-state index is 13.4. The van der Waals surface area contributed by atoms with E-state index >= 15 is 0 Å². The quantitative estimate of drug-likeness (QED) is 0.313. The predicted molar refractivity (Wildman–Crippen MR) is 159 cm³/mol. The van der Waals surface area contributed by atoms with Gasteiger partial charge in [0.25, 0.3) is 5.91 Å². The number of aromatic nitrogens is 5. The Kier molecular flexibility index (Phi) is 9.01. The summed E-state index contributed by atoms with van der Waals surface area (Å²) >= 11 is 1.18. The molecule has 3 aromatic rings. The number of halogens is 3. The molecular formula is C30H40F3N7O2S. The Bertz CT molecular complexity index is 1420. The monoisotopic (exact) mass is 619 g/mol. The largest absolute Gasteiger partial charge is 0.477 e. The molecule has 9 nitrogen and oxygen atoms in total. The number of hydrogen-bond donors (Lipinski definition) is 1. The van der Waals surface area contributed by atoms with Crippen molar-refractivity contribution < 1.29 is 22.7 Å². The van der Waals surface area contributed by atoms with Gasteiger partial charge in [0.1, 0.15) is 10.8 Å². The Labute approximate surface area is 254 Å². The normalized spacial score (nSPS) is 21.0. The summed E-state index contributed by atoms with van der Waals surface area (Å²) < 4.78 is 51.7. The zero-order valence-corrected chi connectivity index (χ0v) is 26.0. The standard InChI is InChI=1S/C28H34F3N7O2S.C2H6/c1-26(2)17-19-5-3-4-13-36-14-9-23(34-36)41-35-25(39)20-6-7-21(32-24(20)37(26)18-19)38-15-8-22(33-38)40-16-12-27(10-11-27)28(29,30)31;1-2/h6-9,14-15,19H,3-5,10-13,16-18H2,1-2H3,(H,35,39);1-2H3. The molecular weight excluding hydrogens is 579 g/mol. The van der Waals surface area contributed by atoms with Crippen molar-refractivity contribution >= 4 is 23.7 Å². The maximum Gasteiger partial charge on any atom is 0.394 e. The first kappa shape index (κ1) is 31.2. The molecule has 13 heteroatoms. The molecule has 234 valence electrons. The van der Waals surface area contributed by atoms with E-state index in [0.717, 1.165) is 38.8 Å². The SMILES string of the molecule is CC.CC1(C)CC2CCCCn3ccc(n3)SNC(=O)c3ccc(-n4ccc(OCCC5(C(F)(F)F)CC5)n4)nc3N1C2. The van der Waals surface area contributed by atoms with Crippen molar-refractivity contribution in [1.29, 1.82) is 0 Å². The fraction of sp³-hybridized carbons (Fsp3) is 0.600. The van der Waals surface area contributed by atoms with E-state index in [4.69, 9.17) is 9.72 Å². The highest BCUT2D eigenvalue weighted by Crippen LogP contribution is 2.59. The molecule has 1 saturated carbocycles. The number of pyridine rings is 1. The zero-order valence-electron chi connectivity index (χ0n) is 25.2. The maximum absolute atomic E-state index is 13.4. The van der Waals surface area contributed by atoms with Gasteiger partial charge < -0.3 is 9.64 Å². The van der Waals surface area contributed by atoms with E-state index in [2.05, 4.69) is 33.7 Å². The summed E-state index contributed by atoms with van der Waals surface area (Å²) in [6.45, 7) is 9.93. The molecule has 1 N–H and O–H groups in total. The highest BCUT2D eigenvalue weighted by Gasteiger charge is 2.62. The molecule has 0 aromatic carbocycles. The van der Waals surface area contributed by atoms with Crippen LogP contribution in [0.1, 0.15) is 83.0 Å². The predicted octanol–water partition coefficient (Wildman–Crippen LogP) is 6.83. The minimum Gasteiger partial charge on any atom is -0.477 e. The summed E-state index contributed by atoms with van der Waals surface area (Å²) in [5.41, 5.74) is -1.37. The lowest BCUT2D eigenvalue weighted by atomic mass is 9.93. The van der Waals surface area contributed by atoms with E-state index in [-0.39, 0.29) is 43.2 Å². The van der Waals surface area contributed by atoms with E-state index in [1.807, 2.05) is 30.8 Å². The number of ether oxygens (including phenoxy) is 1. The zero-order chi connectivity index (χ0) is 30.8. The van der Waals surface area contributed by atoms with Crippen LogP contribution >= 0.6 is 11.9 Å². The van der Waals surface area contributed by atoms with Crippen molar-refractivity contribution in [3.8, 4) is 11.7 Å². The second-order valence-electron chi connectivity index (χ2n) is 12.0. The summed E-state index contributed by atoms with van der Waals surface area (Å²) in [7, 11) is 0. The second-order valence-corrected chi connectivity index (χ2v) is 12.8. The van der Waals surface area contributed by atoms with Gasteiger partial charge in [-0.2, -0.15) is 18.3 Å². The van der Waals surface area contributed by atoms with Crippen LogP contribution in [0.3, 0.4) is 0 Å². The Morgan fingerprint density at radius 2 is 1.88 bits per heavy atom. The number of nitrogens with one attached hydrogen (secondary N) is 1. The van der Waals surface area contributed by atoms with Gasteiger partial charge in [0.05, 0.1) is 17.6 Å². The molecule has 1 unspecified atom stereocenters. The van der Waals surface area contributed by atoms with Gasteiger partial charge in [-0.05, 0) is 76.5 Å². The van der Waals surface area contributed by atoms with Gasteiger partial charge >= 0.3 is 6.18 Å². The molecule has 6 rings (SSSR count). The molecule has 2 aliphatic heterocycles. The third kappa shape index (κ3) is 6.81. The average molecular weight is 620 g/mol. The highest BCUT2D eigenvalue weighted by molar-refractivity contribution is 7.97. The third-order valence-electron chi connectivity index (χ3n) is 8.52. The molecule has 1 aliphatic carbocycles. The molecule has 3 aliphatic rings. The van der Waals surface area contributed by atoms with E-state index in [1.165, 1.54) is 16.6 Å². The lowest BCUT2D eigenvalue weighted by molar-refractivity contribution is -0.190. The molecule has 3 aromatic heterocycles. The number of anilines is 1. The Morgan fingerprint density at radius 3 is 2.63 bits per heavy atom. The first-order chi connectivity index (χ1) is 20.5. The first-order valence-corrected chi connectivity index (χ1v) is 15.9. The van der Waals surface area contributed by atoms with Gasteiger partial charge in [-0.1, -0.05) is 20.3 Å². The smallest absolute Gasteiger partial charge is 0.394 e. The molecule has 2 fully saturated rings. The Hall–Kier alpha value is -3.22. The first-order valence-electron chi connectivity index (χ1n) is 15.1. The molecule has 1 amide bonds. The molecule has 0 radical (unpaired) electrons. The molecule has 0 spiro atoms. The van der Waals surface area contributed by atoms with E-state index in [9.17, 15) is 18.0 Å². The number of nitrogens with zero attached hydrogens (tertiary/aromatic N) is 6. The number of carbonyl (C=O) groups excluding carboxylic acids is 1. The van der Waals surface area contributed by atoms with Crippen molar-refractivity contribution in [2.45, 2.75) is 95.9 Å². The number of carbonyl (C=O) groups is 1. The minimum atomic E-state index is -4.21. The third-order valence-corrected chi connectivity index (χ3v) is 9.23. The minimum absolute atomic E-state index is 0.0619. The van der Waals surface area contributed by atoms with Crippen LogP contribution in [-0.2, 0) is 6.54 Å². The Morgan fingerprint density at radius 1 is 1.09 bits per heavy atom. The van der Waals surface area contributed by atoms with Crippen molar-refractivity contribution in [1.82, 2.24) is 29.3 Å². The lowest BCUT2D eigenvalue weighted by Crippen LogP contribution is -2.40. The van der Waals surface area contributed by atoms with Crippen LogP contribution < -0.4 is 14.4 Å². The number of amides is 1. The summed E-state index contributed by atoms with van der Waals surface area (Å²) in [5.74, 6) is 1.50. The van der Waals surface area contributed by atoms with Crippen LogP contribution in [0.5, 0.6) is 5.88 Å². The summed E-state index contributed by atoms with van der Waals surface area (Å²) in [6, 6.07) is 6.96. The number of hydrogen-bond acceptors (Lipinski definition) is 7. The summed E-state index contributed by atoms with van der Waals surface area (Å²) in [4.78, 5) is 20.6. The van der Waals surface area contributed by atoms with Crippen LogP contribution in [0, 0.1) is 11.3 Å². The van der Waals surface area contributed by atoms with Crippen LogP contribution in [0.4, 0.5) is 19.0 Å². The van der Waals surface area contributed by atoms with E-state index in [1.54, 1.807) is 24.4 Å². The molecule has 4 bridgehead atoms. The van der Waals surface area contributed by atoms with Crippen LogP contribution in [-0.4, -0.2) is 55.3 Å². The van der Waals surface area contributed by atoms with Gasteiger partial charge in [0.15, 0.2) is 5.82 Å². The van der Waals surface area contributed by atoms with Gasteiger partial charge in [-0.3, -0.25) is 14.2 Å². The van der Waals surface area contributed by atoms with Crippen molar-refractivity contribution in [3.63, 3.8) is 0 Å². The number of aryl methyl sites for hydroxylation is 1. The van der Waals surface area contributed by atoms with Gasteiger partial charge in [-0.15, -0.1) is 5.10 Å². The molecule has 43 heavy (non-hydrogen) atoms. The van der Waals surface area contributed by atoms with Crippen LogP contribution in [0.2, 0.25) is 0 Å². The van der Waals surface area contributed by atoms with Gasteiger partial charge in [-0.25, -0.2) is 9.67 Å². The highest BCUT2D eigenvalue weighted by atomic mass is 32.2.